The molecule has 1 heterocycles. The van der Waals surface area contributed by atoms with Gasteiger partial charge in [0.25, 0.3) is 5.69 Å². The van der Waals surface area contributed by atoms with Crippen molar-refractivity contribution in [1.29, 1.82) is 0 Å². The predicted molar refractivity (Wildman–Crippen MR) is 95.6 cm³/mol. The zero-order chi connectivity index (χ0) is 18.8. The second kappa shape index (κ2) is 7.03. The molecule has 0 fully saturated rings. The van der Waals surface area contributed by atoms with Crippen molar-refractivity contribution in [2.24, 2.45) is 0 Å². The van der Waals surface area contributed by atoms with Crippen LogP contribution in [0.2, 0.25) is 0 Å². The lowest BCUT2D eigenvalue weighted by atomic mass is 9.87. The number of hydrogen-bond acceptors (Lipinski definition) is 5. The minimum Gasteiger partial charge on any atom is -0.493 e. The van der Waals surface area contributed by atoms with Crippen LogP contribution >= 0.6 is 0 Å². The lowest BCUT2D eigenvalue weighted by Crippen LogP contribution is -2.39. The van der Waals surface area contributed by atoms with E-state index in [1.54, 1.807) is 30.2 Å². The first-order valence-corrected chi connectivity index (χ1v) is 8.23. The fraction of sp³-hybridized carbons (Fsp3) is 0.316. The van der Waals surface area contributed by atoms with Gasteiger partial charge < -0.3 is 14.4 Å². The zero-order valence-electron chi connectivity index (χ0n) is 14.9. The van der Waals surface area contributed by atoms with Gasteiger partial charge in [0.05, 0.1) is 30.7 Å². The number of nitrogens with zero attached hydrogens (tertiary/aromatic N) is 2. The van der Waals surface area contributed by atoms with E-state index in [4.69, 9.17) is 9.47 Å². The maximum Gasteiger partial charge on any atom is 0.275 e. The second-order valence-corrected chi connectivity index (χ2v) is 6.09. The summed E-state index contributed by atoms with van der Waals surface area (Å²) in [5, 5.41) is 11.5. The third-order valence-electron chi connectivity index (χ3n) is 4.71. The Hall–Kier alpha value is -3.09. The summed E-state index contributed by atoms with van der Waals surface area (Å²) in [5.74, 6) is 0.998. The normalized spacial score (nSPS) is 16.0. The molecule has 1 atom stereocenters. The number of nitro groups is 1. The standard InChI is InChI=1S/C19H20N2O5/c1-12(22)20-9-8-13-10-17(25-2)18(26-3)11-15(13)19(20)14-6-4-5-7-16(14)21(23)24/h4-7,10-11,19H,8-9H2,1-3H3/t19-/m0/s1. The molecule has 2 aromatic carbocycles. The van der Waals surface area contributed by atoms with Crippen molar-refractivity contribution in [3.05, 3.63) is 63.2 Å². The number of amides is 1. The Kier molecular flexibility index (Phi) is 4.79. The minimum absolute atomic E-state index is 0.00798. The third-order valence-corrected chi connectivity index (χ3v) is 4.71. The van der Waals surface area contributed by atoms with Crippen LogP contribution in [0.15, 0.2) is 36.4 Å². The van der Waals surface area contributed by atoms with Crippen LogP contribution in [0.1, 0.15) is 29.7 Å². The van der Waals surface area contributed by atoms with Crippen molar-refractivity contribution >= 4 is 11.6 Å². The van der Waals surface area contributed by atoms with Crippen LogP contribution in [0.5, 0.6) is 11.5 Å². The Bertz CT molecular complexity index is 865. The van der Waals surface area contributed by atoms with Gasteiger partial charge in [0.1, 0.15) is 0 Å². The molecule has 0 radical (unpaired) electrons. The molecule has 26 heavy (non-hydrogen) atoms. The van der Waals surface area contributed by atoms with Crippen LogP contribution in [-0.4, -0.2) is 36.5 Å². The smallest absolute Gasteiger partial charge is 0.275 e. The largest absolute Gasteiger partial charge is 0.493 e. The maximum absolute atomic E-state index is 12.3. The quantitative estimate of drug-likeness (QED) is 0.621. The highest BCUT2D eigenvalue weighted by Gasteiger charge is 2.35. The van der Waals surface area contributed by atoms with E-state index in [0.717, 1.165) is 11.1 Å². The Balaban J connectivity index is 2.25. The van der Waals surface area contributed by atoms with Crippen LogP contribution in [0.25, 0.3) is 0 Å². The van der Waals surface area contributed by atoms with Gasteiger partial charge >= 0.3 is 0 Å². The molecular weight excluding hydrogens is 336 g/mol. The molecule has 1 aliphatic rings. The summed E-state index contributed by atoms with van der Waals surface area (Å²) in [6, 6.07) is 9.68. The van der Waals surface area contributed by atoms with E-state index in [9.17, 15) is 14.9 Å². The van der Waals surface area contributed by atoms with Gasteiger partial charge in [-0.05, 0) is 35.7 Å². The van der Waals surface area contributed by atoms with Crippen LogP contribution in [-0.2, 0) is 11.2 Å². The Labute approximate surface area is 151 Å². The number of carbonyl (C=O) groups is 1. The first kappa shape index (κ1) is 17.7. The van der Waals surface area contributed by atoms with E-state index in [2.05, 4.69) is 0 Å². The monoisotopic (exact) mass is 356 g/mol. The molecule has 0 aliphatic carbocycles. The number of nitro benzene ring substituents is 1. The SMILES string of the molecule is COc1cc2c(cc1OC)[C@H](c1ccccc1[N+](=O)[O-])N(C(C)=O)CC2. The fourth-order valence-corrected chi connectivity index (χ4v) is 3.51. The van der Waals surface area contributed by atoms with Crippen molar-refractivity contribution in [1.82, 2.24) is 4.90 Å². The zero-order valence-corrected chi connectivity index (χ0v) is 14.9. The molecule has 0 saturated heterocycles. The van der Waals surface area contributed by atoms with E-state index in [-0.39, 0.29) is 11.6 Å². The van der Waals surface area contributed by atoms with Gasteiger partial charge in [0, 0.05) is 19.5 Å². The number of ether oxygens (including phenoxy) is 2. The highest BCUT2D eigenvalue weighted by molar-refractivity contribution is 5.76. The molecule has 7 nitrogen and oxygen atoms in total. The van der Waals surface area contributed by atoms with Gasteiger partial charge in [-0.25, -0.2) is 0 Å². The summed E-state index contributed by atoms with van der Waals surface area (Å²) < 4.78 is 10.8. The number of fused-ring (bicyclic) bond motifs is 1. The number of rotatable bonds is 4. The van der Waals surface area contributed by atoms with Gasteiger partial charge in [-0.1, -0.05) is 12.1 Å². The molecule has 1 amide bonds. The molecule has 3 rings (SSSR count). The second-order valence-electron chi connectivity index (χ2n) is 6.09. The van der Waals surface area contributed by atoms with E-state index >= 15 is 0 Å². The third kappa shape index (κ3) is 2.96. The van der Waals surface area contributed by atoms with E-state index in [1.165, 1.54) is 20.1 Å². The summed E-state index contributed by atoms with van der Waals surface area (Å²) in [7, 11) is 3.10. The number of para-hydroxylation sites is 1. The van der Waals surface area contributed by atoms with E-state index in [0.29, 0.717) is 30.0 Å². The molecule has 0 aromatic heterocycles. The molecule has 136 valence electrons. The molecule has 1 aliphatic heterocycles. The molecule has 0 spiro atoms. The van der Waals surface area contributed by atoms with Gasteiger partial charge in [0.2, 0.25) is 5.91 Å². The van der Waals surface area contributed by atoms with Crippen LogP contribution in [0.3, 0.4) is 0 Å². The Morgan fingerprint density at radius 1 is 1.15 bits per heavy atom. The summed E-state index contributed by atoms with van der Waals surface area (Å²) in [5.41, 5.74) is 2.29. The van der Waals surface area contributed by atoms with E-state index in [1.807, 2.05) is 12.1 Å². The van der Waals surface area contributed by atoms with Crippen molar-refractivity contribution in [2.45, 2.75) is 19.4 Å². The first-order chi connectivity index (χ1) is 12.5. The molecule has 0 bridgehead atoms. The van der Waals surface area contributed by atoms with Crippen molar-refractivity contribution < 1.29 is 19.2 Å². The molecule has 2 aromatic rings. The Morgan fingerprint density at radius 3 is 2.42 bits per heavy atom. The number of hydrogen-bond donors (Lipinski definition) is 0. The van der Waals surface area contributed by atoms with Gasteiger partial charge in [-0.2, -0.15) is 0 Å². The molecule has 0 saturated carbocycles. The first-order valence-electron chi connectivity index (χ1n) is 8.23. The highest BCUT2D eigenvalue weighted by atomic mass is 16.6. The number of carbonyl (C=O) groups excluding carboxylic acids is 1. The molecule has 0 unspecified atom stereocenters. The van der Waals surface area contributed by atoms with E-state index < -0.39 is 11.0 Å². The topological polar surface area (TPSA) is 81.9 Å². The molecule has 7 heteroatoms. The van der Waals surface area contributed by atoms with Crippen molar-refractivity contribution in [3.63, 3.8) is 0 Å². The average Bonchev–Trinajstić information content (AvgIpc) is 2.65. The van der Waals surface area contributed by atoms with Crippen molar-refractivity contribution in [3.8, 4) is 11.5 Å². The number of methoxy groups -OCH3 is 2. The highest BCUT2D eigenvalue weighted by Crippen LogP contribution is 2.43. The van der Waals surface area contributed by atoms with Crippen LogP contribution in [0, 0.1) is 10.1 Å². The average molecular weight is 356 g/mol. The number of benzene rings is 2. The maximum atomic E-state index is 12.3. The van der Waals surface area contributed by atoms with Crippen molar-refractivity contribution in [2.75, 3.05) is 20.8 Å². The van der Waals surface area contributed by atoms with Crippen LogP contribution < -0.4 is 9.47 Å². The predicted octanol–water partition coefficient (Wildman–Crippen LogP) is 3.11. The van der Waals surface area contributed by atoms with Crippen LogP contribution in [0.4, 0.5) is 5.69 Å². The lowest BCUT2D eigenvalue weighted by molar-refractivity contribution is -0.385. The lowest BCUT2D eigenvalue weighted by Gasteiger charge is -2.37. The fourth-order valence-electron chi connectivity index (χ4n) is 3.51. The van der Waals surface area contributed by atoms with Gasteiger partial charge in [-0.15, -0.1) is 0 Å². The Morgan fingerprint density at radius 2 is 1.81 bits per heavy atom. The molecular formula is C19H20N2O5. The summed E-state index contributed by atoms with van der Waals surface area (Å²) in [4.78, 5) is 25.0. The minimum atomic E-state index is -0.544. The van der Waals surface area contributed by atoms with Gasteiger partial charge in [-0.3, -0.25) is 14.9 Å². The summed E-state index contributed by atoms with van der Waals surface area (Å²) in [6.07, 6.45) is 0.645. The summed E-state index contributed by atoms with van der Waals surface area (Å²) >= 11 is 0. The summed E-state index contributed by atoms with van der Waals surface area (Å²) in [6.45, 7) is 1.96. The van der Waals surface area contributed by atoms with Gasteiger partial charge in [0.15, 0.2) is 11.5 Å². The molecule has 0 N–H and O–H groups in total.